The maximum atomic E-state index is 14.0. The Morgan fingerprint density at radius 2 is 1.81 bits per heavy atom. The van der Waals surface area contributed by atoms with Gasteiger partial charge in [-0.25, -0.2) is 4.98 Å². The van der Waals surface area contributed by atoms with Gasteiger partial charge in [-0.2, -0.15) is 5.26 Å². The molecule has 4 fully saturated rings. The summed E-state index contributed by atoms with van der Waals surface area (Å²) < 4.78 is 13.0. The topological polar surface area (TPSA) is 139 Å². The number of nitrogens with zero attached hydrogens (tertiary/aromatic N) is 4. The number of hydrogen-bond acceptors (Lipinski definition) is 8. The van der Waals surface area contributed by atoms with E-state index >= 15 is 0 Å². The number of pyridine rings is 1. The smallest absolute Gasteiger partial charge is 0.309 e. The van der Waals surface area contributed by atoms with E-state index in [1.54, 1.807) is 26.0 Å². The van der Waals surface area contributed by atoms with Crippen molar-refractivity contribution < 1.29 is 23.8 Å². The number of carboxylic acid groups (broad SMARTS) is 1. The number of fused-ring (bicyclic) bond motifs is 7. The van der Waals surface area contributed by atoms with Crippen LogP contribution in [0.3, 0.4) is 0 Å². The van der Waals surface area contributed by atoms with Crippen LogP contribution >= 0.6 is 0 Å². The van der Waals surface area contributed by atoms with Crippen molar-refractivity contribution in [3.63, 3.8) is 0 Å². The highest BCUT2D eigenvalue weighted by Crippen LogP contribution is 2.71. The molecule has 0 saturated heterocycles. The average molecular weight is 707 g/mol. The molecule has 0 aliphatic heterocycles. The predicted molar refractivity (Wildman–Crippen MR) is 195 cm³/mol. The summed E-state index contributed by atoms with van der Waals surface area (Å²) in [5, 5.41) is 28.0. The highest BCUT2D eigenvalue weighted by Gasteiger charge is 2.66. The lowest BCUT2D eigenvalue weighted by Gasteiger charge is -2.67. The van der Waals surface area contributed by atoms with Crippen molar-refractivity contribution in [3.8, 4) is 17.7 Å². The van der Waals surface area contributed by atoms with Crippen LogP contribution in [0.2, 0.25) is 0 Å². The maximum Gasteiger partial charge on any atom is 0.309 e. The molecule has 0 amide bonds. The van der Waals surface area contributed by atoms with Crippen LogP contribution in [0.4, 0.5) is 0 Å². The van der Waals surface area contributed by atoms with Gasteiger partial charge in [-0.15, -0.1) is 10.2 Å². The number of carbonyl (C=O) groups is 2. The second kappa shape index (κ2) is 12.8. The Labute approximate surface area is 308 Å². The number of aliphatic carboxylic acids is 1. The van der Waals surface area contributed by atoms with E-state index in [2.05, 4.69) is 68.2 Å². The largest absolute Gasteiger partial charge is 0.486 e. The van der Waals surface area contributed by atoms with E-state index in [4.69, 9.17) is 9.15 Å². The lowest BCUT2D eigenvalue weighted by molar-refractivity contribution is -0.180. The average Bonchev–Trinajstić information content (AvgIpc) is 3.72. The molecular formula is C43H54N4O5. The normalized spacial score (nSPS) is 35.5. The molecule has 4 saturated carbocycles. The van der Waals surface area contributed by atoms with Gasteiger partial charge in [-0.1, -0.05) is 46.9 Å². The lowest BCUT2D eigenvalue weighted by Crippen LogP contribution is -2.60. The Hall–Kier alpha value is -4.02. The van der Waals surface area contributed by atoms with Gasteiger partial charge in [-0.05, 0) is 135 Å². The van der Waals surface area contributed by atoms with E-state index < -0.39 is 16.8 Å². The number of ether oxygens (including phenoxy) is 1. The Bertz CT molecular complexity index is 1900. The molecule has 2 heterocycles. The second-order valence-corrected chi connectivity index (χ2v) is 18.2. The minimum Gasteiger partial charge on any atom is -0.486 e. The highest BCUT2D eigenvalue weighted by atomic mass is 16.5. The summed E-state index contributed by atoms with van der Waals surface area (Å²) in [6.45, 7) is 19.1. The fraction of sp³-hybridized carbons (Fsp3) is 0.651. The third kappa shape index (κ3) is 5.51. The molecule has 276 valence electrons. The standard InChI is InChI=1S/C43H54N4O5/c1-9-27(20-40(5,6)39(49)50)51-33-16-18-41(7)29(25(33)4)14-17-42(8)30-15-19-43(38-47-46-37(52-38)31-12-10-26(22-44)23-45-31)21-32(48)35(24(2)3)36(43)28(30)11-13-34(41)42/h10,12,23-25,28-30,33-34H,1,11,13-21H2,2-8H3,(H,49,50). The summed E-state index contributed by atoms with van der Waals surface area (Å²) >= 11 is 0. The first-order valence-electron chi connectivity index (χ1n) is 19.4. The number of rotatable bonds is 8. The molecular weight excluding hydrogens is 652 g/mol. The van der Waals surface area contributed by atoms with Gasteiger partial charge in [-0.3, -0.25) is 9.59 Å². The third-order valence-electron chi connectivity index (χ3n) is 14.7. The number of Topliss-reactive ketones (excluding diaryl/α,β-unsaturated/α-hetero) is 1. The van der Waals surface area contributed by atoms with Gasteiger partial charge in [0, 0.05) is 19.0 Å². The Morgan fingerprint density at radius 1 is 1.10 bits per heavy atom. The first-order chi connectivity index (χ1) is 24.6. The molecule has 52 heavy (non-hydrogen) atoms. The number of carboxylic acids is 1. The molecule has 9 unspecified atom stereocenters. The zero-order valence-corrected chi connectivity index (χ0v) is 31.9. The molecule has 0 radical (unpaired) electrons. The predicted octanol–water partition coefficient (Wildman–Crippen LogP) is 9.01. The maximum absolute atomic E-state index is 14.0. The summed E-state index contributed by atoms with van der Waals surface area (Å²) in [6, 6.07) is 5.53. The minimum absolute atomic E-state index is 0.0185. The number of allylic oxidation sites excluding steroid dienone is 3. The van der Waals surface area contributed by atoms with Crippen molar-refractivity contribution in [1.82, 2.24) is 15.2 Å². The summed E-state index contributed by atoms with van der Waals surface area (Å²) in [7, 11) is 0. The monoisotopic (exact) mass is 706 g/mol. The molecule has 9 atom stereocenters. The Balaban J connectivity index is 1.16. The summed E-state index contributed by atoms with van der Waals surface area (Å²) in [4.78, 5) is 30.3. The Morgan fingerprint density at radius 3 is 2.46 bits per heavy atom. The van der Waals surface area contributed by atoms with Crippen molar-refractivity contribution in [2.24, 2.45) is 51.8 Å². The van der Waals surface area contributed by atoms with Crippen LogP contribution in [0.15, 0.2) is 52.0 Å². The SMILES string of the molecule is C=C=C(CC(C)(C)C(=O)O)OC1CCC2(C)C(CCC3(C)C4CCC5(c6nnc(-c7ccc(C#N)cn7)o6)CC(=O)C(C(C)C)=C5C4CCC32)C1C. The van der Waals surface area contributed by atoms with E-state index in [1.165, 1.54) is 11.8 Å². The van der Waals surface area contributed by atoms with Crippen LogP contribution < -0.4 is 0 Å². The van der Waals surface area contributed by atoms with Crippen LogP contribution in [0.1, 0.15) is 124 Å². The number of hydrogen-bond donors (Lipinski definition) is 1. The van der Waals surface area contributed by atoms with Crippen LogP contribution in [0.5, 0.6) is 0 Å². The molecule has 0 aromatic carbocycles. The molecule has 5 aliphatic rings. The zero-order valence-electron chi connectivity index (χ0n) is 31.9. The van der Waals surface area contributed by atoms with E-state index in [9.17, 15) is 20.0 Å². The quantitative estimate of drug-likeness (QED) is 0.210. The van der Waals surface area contributed by atoms with Crippen molar-refractivity contribution in [2.45, 2.75) is 124 Å². The zero-order chi connectivity index (χ0) is 37.4. The van der Waals surface area contributed by atoms with E-state index in [1.807, 2.05) is 0 Å². The van der Waals surface area contributed by atoms with Crippen molar-refractivity contribution in [1.29, 1.82) is 5.26 Å². The van der Waals surface area contributed by atoms with Crippen LogP contribution in [0, 0.1) is 63.1 Å². The number of ketones is 1. The van der Waals surface area contributed by atoms with E-state index in [0.29, 0.717) is 58.9 Å². The fourth-order valence-corrected chi connectivity index (χ4v) is 12.2. The molecule has 1 N–H and O–H groups in total. The van der Waals surface area contributed by atoms with Gasteiger partial charge >= 0.3 is 5.97 Å². The summed E-state index contributed by atoms with van der Waals surface area (Å²) in [6.07, 6.45) is 10.5. The summed E-state index contributed by atoms with van der Waals surface area (Å²) in [5.41, 5.74) is 4.95. The highest BCUT2D eigenvalue weighted by molar-refractivity contribution is 6.01. The molecule has 0 bridgehead atoms. The van der Waals surface area contributed by atoms with Crippen molar-refractivity contribution >= 4 is 11.8 Å². The van der Waals surface area contributed by atoms with Gasteiger partial charge in [0.15, 0.2) is 5.78 Å². The number of nitriles is 1. The molecule has 9 nitrogen and oxygen atoms in total. The molecule has 2 aromatic heterocycles. The van der Waals surface area contributed by atoms with Gasteiger partial charge in [0.1, 0.15) is 23.6 Å². The van der Waals surface area contributed by atoms with Gasteiger partial charge in [0.25, 0.3) is 5.89 Å². The first-order valence-corrected chi connectivity index (χ1v) is 19.4. The van der Waals surface area contributed by atoms with Crippen LogP contribution in [0.25, 0.3) is 11.6 Å². The van der Waals surface area contributed by atoms with Gasteiger partial charge in [0.05, 0.1) is 16.4 Å². The Kier molecular flexibility index (Phi) is 8.97. The summed E-state index contributed by atoms with van der Waals surface area (Å²) in [5.74, 6) is 3.03. The van der Waals surface area contributed by atoms with Crippen LogP contribution in [-0.2, 0) is 19.7 Å². The lowest BCUT2D eigenvalue weighted by atomic mass is 9.38. The molecule has 5 aliphatic carbocycles. The molecule has 7 rings (SSSR count). The minimum atomic E-state index is -0.946. The molecule has 9 heteroatoms. The number of carbonyl (C=O) groups excluding carboxylic acids is 1. The van der Waals surface area contributed by atoms with Gasteiger partial charge < -0.3 is 14.3 Å². The van der Waals surface area contributed by atoms with E-state index in [-0.39, 0.29) is 41.0 Å². The second-order valence-electron chi connectivity index (χ2n) is 18.2. The number of aromatic nitrogens is 3. The van der Waals surface area contributed by atoms with Crippen molar-refractivity contribution in [2.75, 3.05) is 0 Å². The third-order valence-corrected chi connectivity index (χ3v) is 14.7. The van der Waals surface area contributed by atoms with Crippen LogP contribution in [-0.4, -0.2) is 38.1 Å². The van der Waals surface area contributed by atoms with Gasteiger partial charge in [0.2, 0.25) is 5.89 Å². The molecule has 2 aromatic rings. The fourth-order valence-electron chi connectivity index (χ4n) is 12.2. The molecule has 0 spiro atoms. The van der Waals surface area contributed by atoms with Crippen molar-refractivity contribution in [3.05, 3.63) is 59.0 Å². The first kappa shape index (κ1) is 36.3. The van der Waals surface area contributed by atoms with E-state index in [0.717, 1.165) is 56.9 Å².